The first-order chi connectivity index (χ1) is 13.2. The van der Waals surface area contributed by atoms with Crippen molar-refractivity contribution in [3.05, 3.63) is 64.8 Å². The first kappa shape index (κ1) is 17.3. The van der Waals surface area contributed by atoms with Gasteiger partial charge in [-0.05, 0) is 24.3 Å². The number of hydrogen-bond donors (Lipinski definition) is 0. The van der Waals surface area contributed by atoms with Crippen molar-refractivity contribution in [1.82, 2.24) is 14.5 Å². The number of hydrogen-bond acceptors (Lipinski definition) is 7. The van der Waals surface area contributed by atoms with E-state index < -0.39 is 5.97 Å². The Labute approximate surface area is 158 Å². The average Bonchev–Trinajstić information content (AvgIpc) is 3.11. The van der Waals surface area contributed by atoms with Gasteiger partial charge in [-0.2, -0.15) is 0 Å². The second-order valence-electron chi connectivity index (χ2n) is 5.74. The molecule has 2 heterocycles. The lowest BCUT2D eigenvalue weighted by Crippen LogP contribution is -2.27. The summed E-state index contributed by atoms with van der Waals surface area (Å²) in [5.74, 6) is 0.381. The van der Waals surface area contributed by atoms with E-state index in [1.807, 2.05) is 30.3 Å². The summed E-state index contributed by atoms with van der Waals surface area (Å²) in [6.07, 6.45) is 0. The molecule has 0 unspecified atom stereocenters. The number of ether oxygens (including phenoxy) is 1. The third-order valence-corrected chi connectivity index (χ3v) is 4.97. The second-order valence-corrected chi connectivity index (χ2v) is 6.69. The van der Waals surface area contributed by atoms with Crippen LogP contribution in [0, 0.1) is 0 Å². The summed E-state index contributed by atoms with van der Waals surface area (Å²) in [7, 11) is 1.28. The van der Waals surface area contributed by atoms with Gasteiger partial charge < -0.3 is 9.15 Å². The van der Waals surface area contributed by atoms with E-state index in [1.165, 1.54) is 23.4 Å². The number of carbonyl (C=O) groups is 1. The SMILES string of the molecule is COC(=O)Cn1c(SCc2nc3ccccc3o2)nc2ccccc2c1=O. The van der Waals surface area contributed by atoms with Gasteiger partial charge in [-0.1, -0.05) is 36.0 Å². The Morgan fingerprint density at radius 2 is 1.85 bits per heavy atom. The number of aromatic nitrogens is 3. The van der Waals surface area contributed by atoms with Crippen LogP contribution in [0.4, 0.5) is 0 Å². The van der Waals surface area contributed by atoms with Crippen LogP contribution in [0.2, 0.25) is 0 Å². The highest BCUT2D eigenvalue weighted by atomic mass is 32.2. The Hall–Kier alpha value is -3.13. The van der Waals surface area contributed by atoms with Crippen LogP contribution in [-0.4, -0.2) is 27.6 Å². The first-order valence-electron chi connectivity index (χ1n) is 8.19. The lowest BCUT2D eigenvalue weighted by Gasteiger charge is -2.11. The van der Waals surface area contributed by atoms with Crippen LogP contribution in [0.3, 0.4) is 0 Å². The molecule has 0 aliphatic carbocycles. The van der Waals surface area contributed by atoms with E-state index in [-0.39, 0.29) is 12.1 Å². The van der Waals surface area contributed by atoms with Crippen molar-refractivity contribution < 1.29 is 13.9 Å². The number of esters is 1. The minimum Gasteiger partial charge on any atom is -0.468 e. The monoisotopic (exact) mass is 381 g/mol. The lowest BCUT2D eigenvalue weighted by atomic mass is 10.2. The summed E-state index contributed by atoms with van der Waals surface area (Å²) in [5.41, 5.74) is 1.76. The molecule has 0 saturated heterocycles. The van der Waals surface area contributed by atoms with Crippen LogP contribution in [-0.2, 0) is 21.8 Å². The van der Waals surface area contributed by atoms with E-state index in [4.69, 9.17) is 9.15 Å². The third-order valence-electron chi connectivity index (χ3n) is 4.00. The normalized spacial score (nSPS) is 11.1. The Kier molecular flexibility index (Phi) is 4.64. The zero-order chi connectivity index (χ0) is 18.8. The molecule has 0 N–H and O–H groups in total. The lowest BCUT2D eigenvalue weighted by molar-refractivity contribution is -0.141. The number of oxazole rings is 1. The van der Waals surface area contributed by atoms with Gasteiger partial charge in [0.1, 0.15) is 12.1 Å². The van der Waals surface area contributed by atoms with Gasteiger partial charge in [0.05, 0.1) is 23.8 Å². The largest absolute Gasteiger partial charge is 0.468 e. The van der Waals surface area contributed by atoms with Crippen LogP contribution in [0.1, 0.15) is 5.89 Å². The molecule has 0 amide bonds. The molecule has 0 aliphatic rings. The first-order valence-corrected chi connectivity index (χ1v) is 9.18. The molecule has 8 heteroatoms. The number of fused-ring (bicyclic) bond motifs is 2. The Morgan fingerprint density at radius 3 is 2.63 bits per heavy atom. The van der Waals surface area contributed by atoms with E-state index in [2.05, 4.69) is 9.97 Å². The minimum atomic E-state index is -0.516. The van der Waals surface area contributed by atoms with Crippen LogP contribution >= 0.6 is 11.8 Å². The van der Waals surface area contributed by atoms with E-state index >= 15 is 0 Å². The molecule has 0 spiro atoms. The molecule has 0 atom stereocenters. The fraction of sp³-hybridized carbons (Fsp3) is 0.158. The van der Waals surface area contributed by atoms with Gasteiger partial charge in [0, 0.05) is 0 Å². The Balaban J connectivity index is 1.71. The molecule has 2 aromatic carbocycles. The molecule has 136 valence electrons. The molecule has 4 aromatic rings. The summed E-state index contributed by atoms with van der Waals surface area (Å²) in [5, 5.41) is 0.860. The standard InChI is InChI=1S/C19H15N3O4S/c1-25-17(23)10-22-18(24)12-6-2-3-7-13(12)21-19(22)27-11-16-20-14-8-4-5-9-15(14)26-16/h2-9H,10-11H2,1H3. The molecule has 0 fully saturated rings. The van der Waals surface area contributed by atoms with Crippen molar-refractivity contribution in [1.29, 1.82) is 0 Å². The summed E-state index contributed by atoms with van der Waals surface area (Å²) < 4.78 is 11.7. The van der Waals surface area contributed by atoms with Crippen molar-refractivity contribution in [2.24, 2.45) is 0 Å². The van der Waals surface area contributed by atoms with Gasteiger partial charge >= 0.3 is 5.97 Å². The second kappa shape index (κ2) is 7.24. The number of benzene rings is 2. The van der Waals surface area contributed by atoms with Crippen molar-refractivity contribution in [3.63, 3.8) is 0 Å². The zero-order valence-corrected chi connectivity index (χ0v) is 15.2. The molecule has 0 bridgehead atoms. The quantitative estimate of drug-likeness (QED) is 0.298. The number of thioether (sulfide) groups is 1. The number of carbonyl (C=O) groups excluding carboxylic acids is 1. The van der Waals surface area contributed by atoms with Crippen molar-refractivity contribution in [2.45, 2.75) is 17.5 Å². The molecule has 27 heavy (non-hydrogen) atoms. The molecule has 7 nitrogen and oxygen atoms in total. The molecule has 0 aliphatic heterocycles. The van der Waals surface area contributed by atoms with E-state index in [1.54, 1.807) is 18.2 Å². The average molecular weight is 381 g/mol. The molecular weight excluding hydrogens is 366 g/mol. The van der Waals surface area contributed by atoms with Crippen LogP contribution in [0.5, 0.6) is 0 Å². The molecule has 0 radical (unpaired) electrons. The van der Waals surface area contributed by atoms with Gasteiger partial charge in [0.25, 0.3) is 5.56 Å². The van der Waals surface area contributed by atoms with Gasteiger partial charge in [-0.25, -0.2) is 9.97 Å². The van der Waals surface area contributed by atoms with Crippen molar-refractivity contribution in [2.75, 3.05) is 7.11 Å². The molecular formula is C19H15N3O4S. The van der Waals surface area contributed by atoms with E-state index in [9.17, 15) is 9.59 Å². The summed E-state index contributed by atoms with van der Waals surface area (Å²) in [6.45, 7) is -0.205. The highest BCUT2D eigenvalue weighted by molar-refractivity contribution is 7.98. The number of rotatable bonds is 5. The van der Waals surface area contributed by atoms with E-state index in [0.717, 1.165) is 5.52 Å². The number of methoxy groups -OCH3 is 1. The maximum Gasteiger partial charge on any atom is 0.325 e. The topological polar surface area (TPSA) is 87.2 Å². The predicted molar refractivity (Wildman–Crippen MR) is 102 cm³/mol. The number of para-hydroxylation sites is 3. The van der Waals surface area contributed by atoms with Crippen molar-refractivity contribution in [3.8, 4) is 0 Å². The molecule has 2 aromatic heterocycles. The number of nitrogens with zero attached hydrogens (tertiary/aromatic N) is 3. The van der Waals surface area contributed by atoms with Crippen LogP contribution < -0.4 is 5.56 Å². The minimum absolute atomic E-state index is 0.205. The van der Waals surface area contributed by atoms with Crippen molar-refractivity contribution >= 4 is 39.7 Å². The van der Waals surface area contributed by atoms with Crippen LogP contribution in [0.15, 0.2) is 62.9 Å². The zero-order valence-electron chi connectivity index (χ0n) is 14.4. The summed E-state index contributed by atoms with van der Waals surface area (Å²) in [4.78, 5) is 33.5. The highest BCUT2D eigenvalue weighted by Gasteiger charge is 2.16. The maximum absolute atomic E-state index is 12.8. The van der Waals surface area contributed by atoms with Gasteiger partial charge in [-0.3, -0.25) is 14.2 Å². The smallest absolute Gasteiger partial charge is 0.325 e. The van der Waals surface area contributed by atoms with E-state index in [0.29, 0.717) is 33.3 Å². The Bertz CT molecular complexity index is 1170. The Morgan fingerprint density at radius 1 is 1.11 bits per heavy atom. The highest BCUT2D eigenvalue weighted by Crippen LogP contribution is 2.24. The summed E-state index contributed by atoms with van der Waals surface area (Å²) in [6, 6.07) is 14.5. The molecule has 4 rings (SSSR count). The summed E-state index contributed by atoms with van der Waals surface area (Å²) >= 11 is 1.28. The predicted octanol–water partition coefficient (Wildman–Crippen LogP) is 3.00. The van der Waals surface area contributed by atoms with Crippen LogP contribution in [0.25, 0.3) is 22.0 Å². The third kappa shape index (κ3) is 3.43. The van der Waals surface area contributed by atoms with Gasteiger partial charge in [0.15, 0.2) is 10.7 Å². The van der Waals surface area contributed by atoms with Gasteiger partial charge in [-0.15, -0.1) is 0 Å². The van der Waals surface area contributed by atoms with Gasteiger partial charge in [0.2, 0.25) is 5.89 Å². The fourth-order valence-electron chi connectivity index (χ4n) is 2.70. The fourth-order valence-corrected chi connectivity index (χ4v) is 3.54. The maximum atomic E-state index is 12.8. The molecule has 0 saturated carbocycles.